The Morgan fingerprint density at radius 2 is 2.09 bits per heavy atom. The van der Waals surface area contributed by atoms with Gasteiger partial charge in [0.15, 0.2) is 0 Å². The second kappa shape index (κ2) is 6.52. The molecule has 1 saturated carbocycles. The third kappa shape index (κ3) is 4.10. The molecule has 0 radical (unpaired) electrons. The molecular formula is C16H20F2N4. The first-order valence-corrected chi connectivity index (χ1v) is 7.65. The normalized spacial score (nSPS) is 20.9. The molecule has 22 heavy (non-hydrogen) atoms. The van der Waals surface area contributed by atoms with Crippen molar-refractivity contribution in [2.75, 3.05) is 0 Å². The Hall–Kier alpha value is -1.82. The molecule has 1 aromatic carbocycles. The van der Waals surface area contributed by atoms with E-state index < -0.39 is 5.92 Å². The highest BCUT2D eigenvalue weighted by Gasteiger charge is 2.35. The maximum atomic E-state index is 13.4. The van der Waals surface area contributed by atoms with Crippen LogP contribution in [0.3, 0.4) is 0 Å². The van der Waals surface area contributed by atoms with E-state index in [0.717, 1.165) is 17.7 Å². The standard InChI is InChI=1S/C16H20F2N4/c17-16(18)8-4-7-14(9-16)19-10-15-12-22(21-20-15)11-13-5-2-1-3-6-13/h1-3,5-6,12,14,19H,4,7-11H2. The van der Waals surface area contributed by atoms with Gasteiger partial charge in [-0.2, -0.15) is 0 Å². The van der Waals surface area contributed by atoms with Crippen molar-refractivity contribution < 1.29 is 8.78 Å². The zero-order chi connectivity index (χ0) is 15.4. The minimum absolute atomic E-state index is 0.0123. The van der Waals surface area contributed by atoms with Gasteiger partial charge in [-0.25, -0.2) is 13.5 Å². The Morgan fingerprint density at radius 3 is 2.86 bits per heavy atom. The van der Waals surface area contributed by atoms with Gasteiger partial charge in [0.05, 0.1) is 18.4 Å². The molecule has 1 aliphatic carbocycles. The summed E-state index contributed by atoms with van der Waals surface area (Å²) in [5, 5.41) is 11.4. The van der Waals surface area contributed by atoms with Crippen LogP contribution in [-0.4, -0.2) is 27.0 Å². The number of aromatic nitrogens is 3. The number of halogens is 2. The van der Waals surface area contributed by atoms with E-state index in [1.54, 1.807) is 4.68 Å². The molecule has 6 heteroatoms. The molecule has 3 rings (SSSR count). The van der Waals surface area contributed by atoms with Crippen LogP contribution in [0.4, 0.5) is 8.78 Å². The van der Waals surface area contributed by atoms with Crippen LogP contribution in [0, 0.1) is 0 Å². The maximum absolute atomic E-state index is 13.4. The van der Waals surface area contributed by atoms with Crippen LogP contribution in [-0.2, 0) is 13.1 Å². The Labute approximate surface area is 128 Å². The third-order valence-corrected chi connectivity index (χ3v) is 3.99. The minimum atomic E-state index is -2.53. The smallest absolute Gasteiger partial charge is 0.249 e. The van der Waals surface area contributed by atoms with Crippen molar-refractivity contribution in [1.29, 1.82) is 0 Å². The Bertz CT molecular complexity index is 597. The summed E-state index contributed by atoms with van der Waals surface area (Å²) in [6.45, 7) is 1.14. The van der Waals surface area contributed by atoms with Crippen molar-refractivity contribution in [3.05, 3.63) is 47.8 Å². The lowest BCUT2D eigenvalue weighted by Crippen LogP contribution is -2.38. The molecule has 0 amide bonds. The lowest BCUT2D eigenvalue weighted by molar-refractivity contribution is -0.0443. The van der Waals surface area contributed by atoms with Gasteiger partial charge in [0, 0.05) is 25.4 Å². The van der Waals surface area contributed by atoms with Gasteiger partial charge in [-0.3, -0.25) is 0 Å². The second-order valence-electron chi connectivity index (χ2n) is 5.92. The van der Waals surface area contributed by atoms with Gasteiger partial charge in [0.25, 0.3) is 0 Å². The fourth-order valence-electron chi connectivity index (χ4n) is 2.86. The number of rotatable bonds is 5. The van der Waals surface area contributed by atoms with Crippen LogP contribution in [0.15, 0.2) is 36.5 Å². The quantitative estimate of drug-likeness (QED) is 0.923. The number of nitrogens with zero attached hydrogens (tertiary/aromatic N) is 3. The molecule has 0 bridgehead atoms. The minimum Gasteiger partial charge on any atom is -0.308 e. The van der Waals surface area contributed by atoms with Gasteiger partial charge in [-0.1, -0.05) is 35.5 Å². The van der Waals surface area contributed by atoms with E-state index >= 15 is 0 Å². The molecule has 2 aromatic rings. The van der Waals surface area contributed by atoms with Crippen molar-refractivity contribution in [2.45, 2.75) is 50.7 Å². The van der Waals surface area contributed by atoms with E-state index in [2.05, 4.69) is 15.6 Å². The monoisotopic (exact) mass is 306 g/mol. The van der Waals surface area contributed by atoms with Crippen molar-refractivity contribution in [1.82, 2.24) is 20.3 Å². The predicted octanol–water partition coefficient (Wildman–Crippen LogP) is 2.99. The van der Waals surface area contributed by atoms with Crippen LogP contribution in [0.1, 0.15) is 36.9 Å². The number of nitrogens with one attached hydrogen (secondary N) is 1. The van der Waals surface area contributed by atoms with Crippen LogP contribution in [0.2, 0.25) is 0 Å². The highest BCUT2D eigenvalue weighted by Crippen LogP contribution is 2.33. The lowest BCUT2D eigenvalue weighted by Gasteiger charge is -2.29. The molecule has 0 aliphatic heterocycles. The topological polar surface area (TPSA) is 42.7 Å². The van der Waals surface area contributed by atoms with E-state index in [1.165, 1.54) is 0 Å². The van der Waals surface area contributed by atoms with E-state index in [9.17, 15) is 8.78 Å². The summed E-state index contributed by atoms with van der Waals surface area (Å²) in [6.07, 6.45) is 3.17. The second-order valence-corrected chi connectivity index (χ2v) is 5.92. The molecule has 0 saturated heterocycles. The van der Waals surface area contributed by atoms with Crippen molar-refractivity contribution in [3.8, 4) is 0 Å². The average molecular weight is 306 g/mol. The number of benzene rings is 1. The summed E-state index contributed by atoms with van der Waals surface area (Å²) in [5.41, 5.74) is 1.93. The van der Waals surface area contributed by atoms with Crippen LogP contribution >= 0.6 is 0 Å². The molecule has 1 fully saturated rings. The number of alkyl halides is 2. The average Bonchev–Trinajstić information content (AvgIpc) is 2.93. The van der Waals surface area contributed by atoms with E-state index in [1.807, 2.05) is 36.5 Å². The van der Waals surface area contributed by atoms with Crippen molar-refractivity contribution in [2.24, 2.45) is 0 Å². The van der Waals surface area contributed by atoms with Gasteiger partial charge in [0.1, 0.15) is 0 Å². The van der Waals surface area contributed by atoms with Crippen LogP contribution < -0.4 is 5.32 Å². The molecule has 1 aromatic heterocycles. The van der Waals surface area contributed by atoms with Gasteiger partial charge < -0.3 is 5.32 Å². The Kier molecular flexibility index (Phi) is 4.47. The lowest BCUT2D eigenvalue weighted by atomic mass is 9.92. The molecule has 0 spiro atoms. The summed E-state index contributed by atoms with van der Waals surface area (Å²) in [6, 6.07) is 9.87. The van der Waals surface area contributed by atoms with E-state index in [-0.39, 0.29) is 18.9 Å². The molecule has 1 heterocycles. The first kappa shape index (κ1) is 15.1. The zero-order valence-corrected chi connectivity index (χ0v) is 12.4. The Morgan fingerprint density at radius 1 is 1.27 bits per heavy atom. The molecule has 4 nitrogen and oxygen atoms in total. The summed E-state index contributed by atoms with van der Waals surface area (Å²) in [4.78, 5) is 0. The van der Waals surface area contributed by atoms with Crippen molar-refractivity contribution in [3.63, 3.8) is 0 Å². The largest absolute Gasteiger partial charge is 0.308 e. The fourth-order valence-corrected chi connectivity index (χ4v) is 2.86. The SMILES string of the molecule is FC1(F)CCCC(NCc2cn(Cc3ccccc3)nn2)C1. The predicted molar refractivity (Wildman–Crippen MR) is 79.6 cm³/mol. The summed E-state index contributed by atoms with van der Waals surface area (Å²) >= 11 is 0. The molecule has 118 valence electrons. The first-order chi connectivity index (χ1) is 10.6. The molecule has 1 aliphatic rings. The van der Waals surface area contributed by atoms with Crippen LogP contribution in [0.25, 0.3) is 0 Å². The highest BCUT2D eigenvalue weighted by atomic mass is 19.3. The first-order valence-electron chi connectivity index (χ1n) is 7.65. The summed E-state index contributed by atoms with van der Waals surface area (Å²) in [7, 11) is 0. The van der Waals surface area contributed by atoms with Crippen molar-refractivity contribution >= 4 is 0 Å². The fraction of sp³-hybridized carbons (Fsp3) is 0.500. The maximum Gasteiger partial charge on any atom is 0.249 e. The van der Waals surface area contributed by atoms with Crippen LogP contribution in [0.5, 0.6) is 0 Å². The summed E-state index contributed by atoms with van der Waals surface area (Å²) < 4.78 is 28.5. The summed E-state index contributed by atoms with van der Waals surface area (Å²) in [5.74, 6) is -2.53. The van der Waals surface area contributed by atoms with Gasteiger partial charge in [-0.15, -0.1) is 5.10 Å². The molecular weight excluding hydrogens is 286 g/mol. The van der Waals surface area contributed by atoms with Gasteiger partial charge >= 0.3 is 0 Å². The number of hydrogen-bond acceptors (Lipinski definition) is 3. The molecule has 1 unspecified atom stereocenters. The molecule has 1 atom stereocenters. The van der Waals surface area contributed by atoms with Gasteiger partial charge in [-0.05, 0) is 18.4 Å². The van der Waals surface area contributed by atoms with E-state index in [0.29, 0.717) is 19.5 Å². The zero-order valence-electron chi connectivity index (χ0n) is 12.4. The third-order valence-electron chi connectivity index (χ3n) is 3.99. The highest BCUT2D eigenvalue weighted by molar-refractivity contribution is 5.14. The van der Waals surface area contributed by atoms with Gasteiger partial charge in [0.2, 0.25) is 5.92 Å². The number of hydrogen-bond donors (Lipinski definition) is 1. The Balaban J connectivity index is 1.51. The van der Waals surface area contributed by atoms with E-state index in [4.69, 9.17) is 0 Å². The molecule has 1 N–H and O–H groups in total.